The Hall–Kier alpha value is -4.10. The van der Waals surface area contributed by atoms with Crippen LogP contribution in [0.15, 0.2) is 65.9 Å². The highest BCUT2D eigenvalue weighted by molar-refractivity contribution is 6.05. The van der Waals surface area contributed by atoms with Crippen LogP contribution in [0.5, 0.6) is 0 Å². The number of pyridine rings is 1. The zero-order valence-electron chi connectivity index (χ0n) is 20.1. The summed E-state index contributed by atoms with van der Waals surface area (Å²) in [7, 11) is 1.11. The first kappa shape index (κ1) is 26.9. The summed E-state index contributed by atoms with van der Waals surface area (Å²) in [5, 5.41) is 18.5. The minimum absolute atomic E-state index is 0.0631. The van der Waals surface area contributed by atoms with Gasteiger partial charge in [-0.1, -0.05) is 18.2 Å². The number of carbonyl (C=O) groups is 2. The van der Waals surface area contributed by atoms with Gasteiger partial charge in [0, 0.05) is 24.8 Å². The summed E-state index contributed by atoms with van der Waals surface area (Å²) in [6.45, 7) is -2.40. The molecule has 13 heteroatoms. The molecule has 1 aliphatic rings. The third-order valence-electron chi connectivity index (χ3n) is 6.19. The highest BCUT2D eigenvalue weighted by Gasteiger charge is 2.55. The molecule has 9 nitrogen and oxygen atoms in total. The van der Waals surface area contributed by atoms with Crippen molar-refractivity contribution in [3.05, 3.63) is 72.2 Å². The van der Waals surface area contributed by atoms with Gasteiger partial charge in [-0.25, -0.2) is 9.40 Å². The van der Waals surface area contributed by atoms with E-state index in [0.29, 0.717) is 16.6 Å². The Balaban J connectivity index is 1.45. The Bertz CT molecular complexity index is 1360. The predicted octanol–water partition coefficient (Wildman–Crippen LogP) is 2.26. The van der Waals surface area contributed by atoms with Gasteiger partial charge < -0.3 is 21.1 Å². The second-order valence-electron chi connectivity index (χ2n) is 8.89. The summed E-state index contributed by atoms with van der Waals surface area (Å²) < 4.78 is 55.1. The highest BCUT2D eigenvalue weighted by atomic mass is 19.4. The normalized spacial score (nSPS) is 18.9. The number of hydrogen-bond donors (Lipinski definition) is 3. The third kappa shape index (κ3) is 5.29. The molecule has 0 saturated heterocycles. The van der Waals surface area contributed by atoms with Gasteiger partial charge in [0.15, 0.2) is 5.60 Å². The number of carbonyl (C=O) groups excluding carboxylic acids is 2. The van der Waals surface area contributed by atoms with Crippen LogP contribution in [0, 0.1) is 11.7 Å². The molecule has 3 aromatic rings. The molecule has 1 aromatic heterocycles. The number of halogens is 4. The fraction of sp³-hybridized carbons (Fsp3) is 0.280. The number of nitrogens with two attached hydrogens (primary N) is 1. The molecule has 200 valence electrons. The average Bonchev–Trinajstić information content (AvgIpc) is 3.27. The van der Waals surface area contributed by atoms with Crippen LogP contribution >= 0.6 is 0 Å². The smallest absolute Gasteiger partial charge is 0.378 e. The van der Waals surface area contributed by atoms with Gasteiger partial charge in [0.1, 0.15) is 17.9 Å². The van der Waals surface area contributed by atoms with Gasteiger partial charge in [-0.05, 0) is 36.4 Å². The minimum Gasteiger partial charge on any atom is -0.378 e. The molecule has 4 rings (SSSR count). The maximum Gasteiger partial charge on any atom is 0.420 e. The van der Waals surface area contributed by atoms with Gasteiger partial charge in [-0.15, -0.1) is 0 Å². The number of benzene rings is 2. The van der Waals surface area contributed by atoms with E-state index >= 15 is 0 Å². The summed E-state index contributed by atoms with van der Waals surface area (Å²) in [5.74, 6) is -3.35. The van der Waals surface area contributed by atoms with Crippen molar-refractivity contribution in [1.29, 1.82) is 0 Å². The summed E-state index contributed by atoms with van der Waals surface area (Å²) in [6, 6.07) is 13.2. The lowest BCUT2D eigenvalue weighted by molar-refractivity contribution is -0.259. The molecule has 2 heterocycles. The standard InChI is InChI=1S/C25H24F4N6O3/c1-34(23(37)18-6-2-4-15-5-3-11-31-20(15)18)14-24(38,25(27,28)29)13-32-22(36)19-12-33-35(21(19)30)17-9-7-16(26)8-10-17/h2-12,19,21,38H,13-14,30H2,1H3,(H,32,36). The van der Waals surface area contributed by atoms with E-state index in [0.717, 1.165) is 18.2 Å². The number of rotatable bonds is 7. The molecule has 3 unspecified atom stereocenters. The van der Waals surface area contributed by atoms with Crippen molar-refractivity contribution in [3.63, 3.8) is 0 Å². The lowest BCUT2D eigenvalue weighted by atomic mass is 10.0. The Morgan fingerprint density at radius 2 is 1.82 bits per heavy atom. The van der Waals surface area contributed by atoms with Crippen LogP contribution in [0.3, 0.4) is 0 Å². The molecule has 38 heavy (non-hydrogen) atoms. The first-order chi connectivity index (χ1) is 17.9. The van der Waals surface area contributed by atoms with E-state index in [-0.39, 0.29) is 5.56 Å². The van der Waals surface area contributed by atoms with Gasteiger partial charge in [0.25, 0.3) is 5.91 Å². The van der Waals surface area contributed by atoms with Gasteiger partial charge in [0.2, 0.25) is 5.91 Å². The number of hydrazone groups is 1. The van der Waals surface area contributed by atoms with Crippen molar-refractivity contribution in [2.24, 2.45) is 16.8 Å². The average molecular weight is 532 g/mol. The number of alkyl halides is 3. The number of amides is 2. The van der Waals surface area contributed by atoms with Crippen LogP contribution in [-0.2, 0) is 4.79 Å². The maximum absolute atomic E-state index is 14.0. The Morgan fingerprint density at radius 3 is 2.50 bits per heavy atom. The molecule has 2 amide bonds. The Morgan fingerprint density at radius 1 is 1.13 bits per heavy atom. The number of para-hydroxylation sites is 1. The second kappa shape index (κ2) is 10.3. The van der Waals surface area contributed by atoms with Crippen LogP contribution in [0.1, 0.15) is 10.4 Å². The number of fused-ring (bicyclic) bond motifs is 1. The number of aromatic nitrogens is 1. The van der Waals surface area contributed by atoms with Crippen LogP contribution in [-0.4, -0.2) is 71.1 Å². The Kier molecular flexibility index (Phi) is 7.33. The highest BCUT2D eigenvalue weighted by Crippen LogP contribution is 2.32. The molecule has 2 aromatic carbocycles. The zero-order chi connectivity index (χ0) is 27.7. The van der Waals surface area contributed by atoms with Crippen molar-refractivity contribution in [2.45, 2.75) is 17.9 Å². The molecule has 0 spiro atoms. The van der Waals surface area contributed by atoms with Crippen molar-refractivity contribution < 1.29 is 32.3 Å². The van der Waals surface area contributed by atoms with Crippen molar-refractivity contribution in [2.75, 3.05) is 25.1 Å². The number of hydrogen-bond acceptors (Lipinski definition) is 7. The van der Waals surface area contributed by atoms with E-state index in [1.165, 1.54) is 41.5 Å². The fourth-order valence-electron chi connectivity index (χ4n) is 4.06. The maximum atomic E-state index is 14.0. The molecule has 1 aliphatic heterocycles. The topological polar surface area (TPSA) is 124 Å². The predicted molar refractivity (Wildman–Crippen MR) is 132 cm³/mol. The quantitative estimate of drug-likeness (QED) is 0.401. The van der Waals surface area contributed by atoms with Gasteiger partial charge >= 0.3 is 6.18 Å². The molecule has 0 bridgehead atoms. The molecule has 0 fully saturated rings. The third-order valence-corrected chi connectivity index (χ3v) is 6.19. The summed E-state index contributed by atoms with van der Waals surface area (Å²) in [6.07, 6.45) is -3.67. The van der Waals surface area contributed by atoms with Gasteiger partial charge in [-0.2, -0.15) is 18.3 Å². The van der Waals surface area contributed by atoms with Crippen molar-refractivity contribution in [1.82, 2.24) is 15.2 Å². The van der Waals surface area contributed by atoms with Crippen LogP contribution in [0.2, 0.25) is 0 Å². The van der Waals surface area contributed by atoms with E-state index < -0.39 is 54.6 Å². The Labute approximate surface area is 214 Å². The first-order valence-electron chi connectivity index (χ1n) is 11.4. The molecule has 3 atom stereocenters. The van der Waals surface area contributed by atoms with Gasteiger partial charge in [0.05, 0.1) is 29.9 Å². The van der Waals surface area contributed by atoms with Crippen LogP contribution in [0.25, 0.3) is 10.9 Å². The summed E-state index contributed by atoms with van der Waals surface area (Å²) in [5.41, 5.74) is 3.32. The SMILES string of the molecule is CN(CC(O)(CNC(=O)C1C=NN(c2ccc(F)cc2)C1N)C(F)(F)F)C(=O)c1cccc2cccnc12. The molecular weight excluding hydrogens is 508 g/mol. The lowest BCUT2D eigenvalue weighted by Crippen LogP contribution is -2.61. The van der Waals surface area contributed by atoms with E-state index in [1.807, 2.05) is 0 Å². The van der Waals surface area contributed by atoms with Crippen molar-refractivity contribution >= 4 is 34.6 Å². The summed E-state index contributed by atoms with van der Waals surface area (Å²) >= 11 is 0. The van der Waals surface area contributed by atoms with E-state index in [1.54, 1.807) is 24.3 Å². The molecule has 0 radical (unpaired) electrons. The monoisotopic (exact) mass is 532 g/mol. The second-order valence-corrected chi connectivity index (χ2v) is 8.89. The van der Waals surface area contributed by atoms with E-state index in [4.69, 9.17) is 5.73 Å². The van der Waals surface area contributed by atoms with E-state index in [2.05, 4.69) is 15.4 Å². The van der Waals surface area contributed by atoms with Crippen LogP contribution in [0.4, 0.5) is 23.2 Å². The largest absolute Gasteiger partial charge is 0.420 e. The minimum atomic E-state index is -5.20. The summed E-state index contributed by atoms with van der Waals surface area (Å²) in [4.78, 5) is 30.6. The molecular formula is C25H24F4N6O3. The molecule has 0 aliphatic carbocycles. The van der Waals surface area contributed by atoms with Crippen molar-refractivity contribution in [3.8, 4) is 0 Å². The number of likely N-dealkylation sites (N-methyl/N-ethyl adjacent to an activating group) is 1. The van der Waals surface area contributed by atoms with E-state index in [9.17, 15) is 32.3 Å². The number of nitrogens with one attached hydrogen (secondary N) is 1. The zero-order valence-corrected chi connectivity index (χ0v) is 20.1. The fourth-order valence-corrected chi connectivity index (χ4v) is 4.06. The van der Waals surface area contributed by atoms with Gasteiger partial charge in [-0.3, -0.25) is 14.6 Å². The number of nitrogens with zero attached hydrogens (tertiary/aromatic N) is 4. The first-order valence-corrected chi connectivity index (χ1v) is 11.4. The molecule has 0 saturated carbocycles. The number of aliphatic hydroxyl groups is 1. The lowest BCUT2D eigenvalue weighted by Gasteiger charge is -2.34. The number of anilines is 1. The van der Waals surface area contributed by atoms with Crippen LogP contribution < -0.4 is 16.1 Å². The molecule has 4 N–H and O–H groups in total.